The minimum Gasteiger partial charge on any atom is -0.356 e. The maximum Gasteiger partial charge on any atom is 0.276 e. The lowest BCUT2D eigenvalue weighted by atomic mass is 9.75. The number of rotatable bonds is 4. The van der Waals surface area contributed by atoms with Gasteiger partial charge in [-0.25, -0.2) is 10.8 Å². The summed E-state index contributed by atoms with van der Waals surface area (Å²) in [7, 11) is 1.94. The largest absolute Gasteiger partial charge is 0.356 e. The third-order valence-corrected chi connectivity index (χ3v) is 4.37. The zero-order valence-corrected chi connectivity index (χ0v) is 12.8. The number of anilines is 2. The van der Waals surface area contributed by atoms with Gasteiger partial charge in [0.2, 0.25) is 0 Å². The molecule has 7 heteroatoms. The fourth-order valence-electron chi connectivity index (χ4n) is 2.82. The second-order valence-corrected chi connectivity index (χ2v) is 6.48. The Hall–Kier alpha value is -1.89. The van der Waals surface area contributed by atoms with E-state index < -0.39 is 4.92 Å². The number of hydrazine groups is 1. The van der Waals surface area contributed by atoms with Crippen molar-refractivity contribution >= 4 is 17.3 Å². The number of aromatic nitrogens is 1. The number of nitro groups is 1. The van der Waals surface area contributed by atoms with E-state index in [4.69, 9.17) is 5.84 Å². The van der Waals surface area contributed by atoms with Crippen molar-refractivity contribution in [3.05, 3.63) is 22.2 Å². The first kappa shape index (κ1) is 15.5. The van der Waals surface area contributed by atoms with Crippen LogP contribution in [0.2, 0.25) is 0 Å². The van der Waals surface area contributed by atoms with Crippen molar-refractivity contribution in [2.24, 2.45) is 11.3 Å². The van der Waals surface area contributed by atoms with E-state index in [9.17, 15) is 10.1 Å². The van der Waals surface area contributed by atoms with E-state index in [-0.39, 0.29) is 5.69 Å². The third-order valence-electron chi connectivity index (χ3n) is 4.37. The quantitative estimate of drug-likeness (QED) is 0.503. The normalized spacial score (nSPS) is 18.3. The molecule has 7 nitrogen and oxygen atoms in total. The fraction of sp³-hybridized carbons (Fsp3) is 0.643. The summed E-state index contributed by atoms with van der Waals surface area (Å²) in [5.74, 6) is 6.24. The van der Waals surface area contributed by atoms with Gasteiger partial charge < -0.3 is 10.3 Å². The van der Waals surface area contributed by atoms with Gasteiger partial charge in [-0.05, 0) is 31.1 Å². The van der Waals surface area contributed by atoms with E-state index in [2.05, 4.69) is 24.3 Å². The average molecular weight is 293 g/mol. The molecular formula is C14H23N5O2. The topological polar surface area (TPSA) is 97.3 Å². The molecule has 0 amide bonds. The molecule has 1 aliphatic carbocycles. The predicted molar refractivity (Wildman–Crippen MR) is 83.1 cm³/mol. The van der Waals surface area contributed by atoms with Gasteiger partial charge >= 0.3 is 0 Å². The molecule has 0 aliphatic heterocycles. The Morgan fingerprint density at radius 3 is 2.57 bits per heavy atom. The van der Waals surface area contributed by atoms with Gasteiger partial charge in [-0.1, -0.05) is 13.8 Å². The van der Waals surface area contributed by atoms with Crippen LogP contribution >= 0.6 is 0 Å². The van der Waals surface area contributed by atoms with Crippen molar-refractivity contribution in [2.45, 2.75) is 45.6 Å². The molecule has 1 saturated carbocycles. The predicted octanol–water partition coefficient (Wildman–Crippen LogP) is 2.68. The van der Waals surface area contributed by atoms with Crippen LogP contribution < -0.4 is 16.2 Å². The number of nitrogens with two attached hydrogens (primary N) is 1. The lowest BCUT2D eigenvalue weighted by Crippen LogP contribution is -2.37. The van der Waals surface area contributed by atoms with Crippen LogP contribution in [0.15, 0.2) is 12.1 Å². The number of nitrogens with one attached hydrogen (secondary N) is 1. The second kappa shape index (κ2) is 5.85. The molecule has 116 valence electrons. The zero-order chi connectivity index (χ0) is 15.6. The Kier molecular flexibility index (Phi) is 4.32. The molecule has 0 atom stereocenters. The summed E-state index contributed by atoms with van der Waals surface area (Å²) in [5, 5.41) is 11.0. The van der Waals surface area contributed by atoms with E-state index in [0.29, 0.717) is 23.1 Å². The van der Waals surface area contributed by atoms with E-state index >= 15 is 0 Å². The second-order valence-electron chi connectivity index (χ2n) is 6.48. The number of pyridine rings is 1. The lowest BCUT2D eigenvalue weighted by Gasteiger charge is -2.39. The monoisotopic (exact) mass is 293 g/mol. The van der Waals surface area contributed by atoms with Gasteiger partial charge in [0.25, 0.3) is 5.69 Å². The molecule has 0 bridgehead atoms. The molecule has 0 radical (unpaired) electrons. The standard InChI is InChI=1S/C14H23N5O2/c1-14(2)6-4-10(5-7-14)18(3)13-9-11(19(20)21)8-12(16-13)17-15/h8-10H,4-7,15H2,1-3H3,(H,16,17). The smallest absolute Gasteiger partial charge is 0.276 e. The summed E-state index contributed by atoms with van der Waals surface area (Å²) in [6.07, 6.45) is 4.44. The summed E-state index contributed by atoms with van der Waals surface area (Å²) in [4.78, 5) is 16.9. The highest BCUT2D eigenvalue weighted by molar-refractivity contribution is 5.55. The third kappa shape index (κ3) is 3.60. The molecule has 0 saturated heterocycles. The highest BCUT2D eigenvalue weighted by Gasteiger charge is 2.29. The minimum atomic E-state index is -0.427. The molecular weight excluding hydrogens is 270 g/mol. The van der Waals surface area contributed by atoms with Crippen LogP contribution in [0.3, 0.4) is 0 Å². The Bertz CT molecular complexity index is 522. The molecule has 0 spiro atoms. The van der Waals surface area contributed by atoms with Crippen LogP contribution in [0.4, 0.5) is 17.3 Å². The summed E-state index contributed by atoms with van der Waals surface area (Å²) >= 11 is 0. The average Bonchev–Trinajstić information content (AvgIpc) is 2.46. The number of hydrogen-bond acceptors (Lipinski definition) is 6. The van der Waals surface area contributed by atoms with Gasteiger partial charge in [-0.2, -0.15) is 0 Å². The van der Waals surface area contributed by atoms with E-state index in [1.54, 1.807) is 0 Å². The minimum absolute atomic E-state index is 0.00376. The SMILES string of the molecule is CN(c1cc([N+](=O)[O-])cc(NN)n1)C1CCC(C)(C)CC1. The molecule has 0 aromatic carbocycles. The first-order valence-corrected chi connectivity index (χ1v) is 7.18. The van der Waals surface area contributed by atoms with Crippen LogP contribution in [0.1, 0.15) is 39.5 Å². The van der Waals surface area contributed by atoms with Crippen molar-refractivity contribution in [1.82, 2.24) is 4.98 Å². The first-order chi connectivity index (χ1) is 9.82. The van der Waals surface area contributed by atoms with Crippen molar-refractivity contribution in [3.63, 3.8) is 0 Å². The summed E-state index contributed by atoms with van der Waals surface area (Å²) < 4.78 is 0. The molecule has 2 rings (SSSR count). The highest BCUT2D eigenvalue weighted by Crippen LogP contribution is 2.37. The molecule has 1 aromatic heterocycles. The van der Waals surface area contributed by atoms with Gasteiger partial charge in [-0.3, -0.25) is 10.1 Å². The Morgan fingerprint density at radius 1 is 1.43 bits per heavy atom. The Labute approximate surface area is 124 Å². The summed E-state index contributed by atoms with van der Waals surface area (Å²) in [6.45, 7) is 4.57. The summed E-state index contributed by atoms with van der Waals surface area (Å²) in [5.41, 5.74) is 2.77. The van der Waals surface area contributed by atoms with Crippen LogP contribution in [-0.2, 0) is 0 Å². The molecule has 1 heterocycles. The Morgan fingerprint density at radius 2 is 2.05 bits per heavy atom. The van der Waals surface area contributed by atoms with Crippen LogP contribution in [0.25, 0.3) is 0 Å². The van der Waals surface area contributed by atoms with Crippen molar-refractivity contribution in [2.75, 3.05) is 17.4 Å². The van der Waals surface area contributed by atoms with Crippen LogP contribution in [-0.4, -0.2) is 23.0 Å². The fourth-order valence-corrected chi connectivity index (χ4v) is 2.82. The number of nitrogen functional groups attached to an aromatic ring is 1. The highest BCUT2D eigenvalue weighted by atomic mass is 16.6. The molecule has 21 heavy (non-hydrogen) atoms. The van der Waals surface area contributed by atoms with Crippen LogP contribution in [0.5, 0.6) is 0 Å². The van der Waals surface area contributed by atoms with E-state index in [0.717, 1.165) is 25.7 Å². The van der Waals surface area contributed by atoms with Crippen LogP contribution in [0, 0.1) is 15.5 Å². The number of hydrogen-bond donors (Lipinski definition) is 2. The van der Waals surface area contributed by atoms with Gasteiger partial charge in [0.1, 0.15) is 11.6 Å². The maximum absolute atomic E-state index is 11.0. The molecule has 0 unspecified atom stereocenters. The molecule has 1 aromatic rings. The number of nitrogens with zero attached hydrogens (tertiary/aromatic N) is 3. The van der Waals surface area contributed by atoms with E-state index in [1.807, 2.05) is 11.9 Å². The first-order valence-electron chi connectivity index (χ1n) is 7.18. The lowest BCUT2D eigenvalue weighted by molar-refractivity contribution is -0.384. The van der Waals surface area contributed by atoms with E-state index in [1.165, 1.54) is 12.1 Å². The van der Waals surface area contributed by atoms with Gasteiger partial charge in [-0.15, -0.1) is 0 Å². The van der Waals surface area contributed by atoms with Crippen molar-refractivity contribution in [3.8, 4) is 0 Å². The van der Waals surface area contributed by atoms with Crippen molar-refractivity contribution in [1.29, 1.82) is 0 Å². The van der Waals surface area contributed by atoms with Gasteiger partial charge in [0.15, 0.2) is 0 Å². The van der Waals surface area contributed by atoms with Gasteiger partial charge in [0, 0.05) is 13.1 Å². The Balaban J connectivity index is 2.20. The molecule has 1 aliphatic rings. The van der Waals surface area contributed by atoms with Gasteiger partial charge in [0.05, 0.1) is 17.1 Å². The molecule has 1 fully saturated rings. The zero-order valence-electron chi connectivity index (χ0n) is 12.8. The summed E-state index contributed by atoms with van der Waals surface area (Å²) in [6, 6.07) is 3.19. The molecule has 3 N–H and O–H groups in total. The maximum atomic E-state index is 11.0. The van der Waals surface area contributed by atoms with Crippen molar-refractivity contribution < 1.29 is 4.92 Å².